The summed E-state index contributed by atoms with van der Waals surface area (Å²) in [7, 11) is -3.71. The number of hydrogen-bond acceptors (Lipinski definition) is 5. The molecule has 0 saturated carbocycles. The lowest BCUT2D eigenvalue weighted by Crippen LogP contribution is -2.46. The summed E-state index contributed by atoms with van der Waals surface area (Å²) in [6.07, 6.45) is 2.43. The van der Waals surface area contributed by atoms with Gasteiger partial charge in [0.15, 0.2) is 0 Å². The van der Waals surface area contributed by atoms with Crippen LogP contribution in [0, 0.1) is 0 Å². The highest BCUT2D eigenvalue weighted by molar-refractivity contribution is 7.91. The predicted octanol–water partition coefficient (Wildman–Crippen LogP) is 4.95. The summed E-state index contributed by atoms with van der Waals surface area (Å²) in [6, 6.07) is 25.3. The molecule has 0 aliphatic carbocycles. The standard InChI is InChI=1S/C28H29N3O2S/c1-2-22-13-14-26-25(19-22)28(27(20-29-26)34(32,33)24-11-7-4-8-12-24)31-17-15-30(16-18-31)21-23-9-5-3-6-10-23/h3-14,19-20H,2,15-18,21H2,1H3. The molecule has 0 spiro atoms. The average molecular weight is 472 g/mol. The van der Waals surface area contributed by atoms with Crippen LogP contribution in [0.5, 0.6) is 0 Å². The summed E-state index contributed by atoms with van der Waals surface area (Å²) < 4.78 is 27.4. The molecule has 1 aliphatic heterocycles. The molecule has 0 unspecified atom stereocenters. The van der Waals surface area contributed by atoms with Gasteiger partial charge < -0.3 is 4.90 Å². The van der Waals surface area contributed by atoms with Gasteiger partial charge >= 0.3 is 0 Å². The number of anilines is 1. The molecule has 34 heavy (non-hydrogen) atoms. The molecule has 1 aliphatic rings. The molecular weight excluding hydrogens is 442 g/mol. The van der Waals surface area contributed by atoms with Crippen molar-refractivity contribution in [3.05, 3.63) is 96.2 Å². The first-order valence-electron chi connectivity index (χ1n) is 11.8. The number of nitrogens with zero attached hydrogens (tertiary/aromatic N) is 3. The second kappa shape index (κ2) is 9.57. The van der Waals surface area contributed by atoms with Crippen LogP contribution in [0.4, 0.5) is 5.69 Å². The van der Waals surface area contributed by atoms with Crippen LogP contribution in [0.15, 0.2) is 94.9 Å². The zero-order valence-corrected chi connectivity index (χ0v) is 20.2. The van der Waals surface area contributed by atoms with Crippen molar-refractivity contribution < 1.29 is 8.42 Å². The molecule has 2 heterocycles. The molecule has 0 amide bonds. The minimum atomic E-state index is -3.71. The Bertz CT molecular complexity index is 1380. The number of piperazine rings is 1. The first-order chi connectivity index (χ1) is 16.6. The fourth-order valence-corrected chi connectivity index (χ4v) is 6.10. The summed E-state index contributed by atoms with van der Waals surface area (Å²) >= 11 is 0. The summed E-state index contributed by atoms with van der Waals surface area (Å²) in [6.45, 7) is 6.29. The Hall–Kier alpha value is -3.22. The first-order valence-corrected chi connectivity index (χ1v) is 13.3. The summed E-state index contributed by atoms with van der Waals surface area (Å²) in [4.78, 5) is 9.81. The second-order valence-electron chi connectivity index (χ2n) is 8.74. The van der Waals surface area contributed by atoms with E-state index in [-0.39, 0.29) is 4.90 Å². The van der Waals surface area contributed by atoms with E-state index in [0.717, 1.165) is 55.7 Å². The number of aryl methyl sites for hydroxylation is 1. The van der Waals surface area contributed by atoms with E-state index in [9.17, 15) is 8.42 Å². The number of sulfone groups is 1. The van der Waals surface area contributed by atoms with Crippen LogP contribution in [0.1, 0.15) is 18.1 Å². The lowest BCUT2D eigenvalue weighted by Gasteiger charge is -2.37. The molecule has 5 nitrogen and oxygen atoms in total. The highest BCUT2D eigenvalue weighted by Gasteiger charge is 2.28. The van der Waals surface area contributed by atoms with Crippen molar-refractivity contribution in [3.63, 3.8) is 0 Å². The van der Waals surface area contributed by atoms with Gasteiger partial charge in [0, 0.05) is 44.3 Å². The van der Waals surface area contributed by atoms with E-state index < -0.39 is 9.84 Å². The Balaban J connectivity index is 1.54. The molecule has 5 rings (SSSR count). The lowest BCUT2D eigenvalue weighted by atomic mass is 10.1. The normalized spacial score (nSPS) is 15.0. The van der Waals surface area contributed by atoms with E-state index >= 15 is 0 Å². The second-order valence-corrected chi connectivity index (χ2v) is 10.7. The van der Waals surface area contributed by atoms with Gasteiger partial charge in [-0.15, -0.1) is 0 Å². The van der Waals surface area contributed by atoms with Crippen molar-refractivity contribution in [2.75, 3.05) is 31.1 Å². The average Bonchev–Trinajstić information content (AvgIpc) is 2.89. The quantitative estimate of drug-likeness (QED) is 0.398. The Morgan fingerprint density at radius 1 is 0.824 bits per heavy atom. The molecule has 4 aromatic rings. The fraction of sp³-hybridized carbons (Fsp3) is 0.250. The fourth-order valence-electron chi connectivity index (χ4n) is 4.65. The number of rotatable bonds is 6. The first kappa shape index (κ1) is 22.6. The van der Waals surface area contributed by atoms with Crippen LogP contribution in [-0.2, 0) is 22.8 Å². The minimum absolute atomic E-state index is 0.288. The van der Waals surface area contributed by atoms with E-state index in [1.807, 2.05) is 18.2 Å². The van der Waals surface area contributed by atoms with E-state index in [0.29, 0.717) is 4.90 Å². The highest BCUT2D eigenvalue weighted by atomic mass is 32.2. The number of aromatic nitrogens is 1. The third-order valence-electron chi connectivity index (χ3n) is 6.56. The van der Waals surface area contributed by atoms with Gasteiger partial charge in [0.25, 0.3) is 0 Å². The van der Waals surface area contributed by atoms with E-state index in [1.54, 1.807) is 30.5 Å². The molecule has 0 bridgehead atoms. The number of fused-ring (bicyclic) bond motifs is 1. The molecule has 1 aromatic heterocycles. The van der Waals surface area contributed by atoms with Gasteiger partial charge in [-0.1, -0.05) is 61.5 Å². The van der Waals surface area contributed by atoms with Crippen LogP contribution >= 0.6 is 0 Å². The SMILES string of the molecule is CCc1ccc2ncc(S(=O)(=O)c3ccccc3)c(N3CCN(Cc4ccccc4)CC3)c2c1. The van der Waals surface area contributed by atoms with Crippen LogP contribution in [0.25, 0.3) is 10.9 Å². The van der Waals surface area contributed by atoms with Crippen LogP contribution in [0.3, 0.4) is 0 Å². The van der Waals surface area contributed by atoms with Gasteiger partial charge in [-0.25, -0.2) is 8.42 Å². The van der Waals surface area contributed by atoms with Gasteiger partial charge in [-0.3, -0.25) is 9.88 Å². The number of hydrogen-bond donors (Lipinski definition) is 0. The van der Waals surface area contributed by atoms with Crippen molar-refractivity contribution in [1.29, 1.82) is 0 Å². The molecule has 3 aromatic carbocycles. The maximum atomic E-state index is 13.7. The monoisotopic (exact) mass is 471 g/mol. The maximum absolute atomic E-state index is 13.7. The molecule has 1 fully saturated rings. The van der Waals surface area contributed by atoms with Crippen molar-refractivity contribution >= 4 is 26.4 Å². The van der Waals surface area contributed by atoms with Crippen LogP contribution in [0.2, 0.25) is 0 Å². The molecular formula is C28H29N3O2S. The Morgan fingerprint density at radius 2 is 1.50 bits per heavy atom. The van der Waals surface area contributed by atoms with E-state index in [4.69, 9.17) is 0 Å². The lowest BCUT2D eigenvalue weighted by molar-refractivity contribution is 0.249. The Kier molecular flexibility index (Phi) is 6.35. The molecule has 0 N–H and O–H groups in total. The van der Waals surface area contributed by atoms with Gasteiger partial charge in [0.2, 0.25) is 9.84 Å². The topological polar surface area (TPSA) is 53.5 Å². The smallest absolute Gasteiger partial charge is 0.210 e. The number of pyridine rings is 1. The van der Waals surface area contributed by atoms with Crippen molar-refractivity contribution in [2.45, 2.75) is 29.7 Å². The van der Waals surface area contributed by atoms with Crippen LogP contribution in [-0.4, -0.2) is 44.5 Å². The zero-order chi connectivity index (χ0) is 23.5. The maximum Gasteiger partial charge on any atom is 0.210 e. The molecule has 0 radical (unpaired) electrons. The number of benzene rings is 3. The molecule has 0 atom stereocenters. The van der Waals surface area contributed by atoms with Crippen LogP contribution < -0.4 is 4.90 Å². The minimum Gasteiger partial charge on any atom is -0.367 e. The molecule has 174 valence electrons. The molecule has 1 saturated heterocycles. The molecule has 6 heteroatoms. The van der Waals surface area contributed by atoms with E-state index in [1.165, 1.54) is 11.1 Å². The van der Waals surface area contributed by atoms with Gasteiger partial charge in [0.05, 0.1) is 16.1 Å². The van der Waals surface area contributed by atoms with Gasteiger partial charge in [-0.2, -0.15) is 0 Å². The van der Waals surface area contributed by atoms with Crippen molar-refractivity contribution in [2.24, 2.45) is 0 Å². The summed E-state index contributed by atoms with van der Waals surface area (Å²) in [5.74, 6) is 0. The summed E-state index contributed by atoms with van der Waals surface area (Å²) in [5, 5.41) is 0.910. The Labute approximate surface area is 201 Å². The van der Waals surface area contributed by atoms with E-state index in [2.05, 4.69) is 58.1 Å². The summed E-state index contributed by atoms with van der Waals surface area (Å²) in [5.41, 5.74) is 4.08. The zero-order valence-electron chi connectivity index (χ0n) is 19.4. The van der Waals surface area contributed by atoms with Gasteiger partial charge in [-0.05, 0) is 41.8 Å². The largest absolute Gasteiger partial charge is 0.367 e. The van der Waals surface area contributed by atoms with Crippen molar-refractivity contribution in [3.8, 4) is 0 Å². The Morgan fingerprint density at radius 3 is 2.18 bits per heavy atom. The highest BCUT2D eigenvalue weighted by Crippen LogP contribution is 2.37. The van der Waals surface area contributed by atoms with Crippen molar-refractivity contribution in [1.82, 2.24) is 9.88 Å². The predicted molar refractivity (Wildman–Crippen MR) is 137 cm³/mol. The van der Waals surface area contributed by atoms with Gasteiger partial charge in [0.1, 0.15) is 4.90 Å². The third-order valence-corrected chi connectivity index (χ3v) is 8.33. The third kappa shape index (κ3) is 4.43.